The maximum atomic E-state index is 6.02. The highest BCUT2D eigenvalue weighted by molar-refractivity contribution is 6.20. The smallest absolute Gasteiger partial charge is 0.158 e. The van der Waals surface area contributed by atoms with Gasteiger partial charge in [0.2, 0.25) is 0 Å². The van der Waals surface area contributed by atoms with Gasteiger partial charge in [-0.25, -0.2) is 0 Å². The molecular weight excluding hydrogens is 226 g/mol. The number of benzene rings is 1. The van der Waals surface area contributed by atoms with Crippen LogP contribution in [0.1, 0.15) is 17.9 Å². The van der Waals surface area contributed by atoms with E-state index in [1.54, 1.807) is 0 Å². The lowest BCUT2D eigenvalue weighted by atomic mass is 9.95. The van der Waals surface area contributed by atoms with Gasteiger partial charge in [-0.05, 0) is 5.56 Å². The molecule has 0 aliphatic carbocycles. The predicted octanol–water partition coefficient (Wildman–Crippen LogP) is 2.06. The summed E-state index contributed by atoms with van der Waals surface area (Å²) in [5, 5.41) is 0. The molecule has 3 nitrogen and oxygen atoms in total. The Labute approximate surface area is 100 Å². The molecule has 0 saturated carbocycles. The Morgan fingerprint density at radius 2 is 1.88 bits per heavy atom. The van der Waals surface area contributed by atoms with Crippen molar-refractivity contribution in [1.29, 1.82) is 0 Å². The third-order valence-corrected chi connectivity index (χ3v) is 3.05. The molecule has 4 heteroatoms. The van der Waals surface area contributed by atoms with E-state index >= 15 is 0 Å². The van der Waals surface area contributed by atoms with Gasteiger partial charge >= 0.3 is 0 Å². The van der Waals surface area contributed by atoms with Crippen LogP contribution in [0.15, 0.2) is 30.3 Å². The Hall–Kier alpha value is -0.610. The lowest BCUT2D eigenvalue weighted by Gasteiger charge is -2.22. The van der Waals surface area contributed by atoms with Crippen LogP contribution in [-0.2, 0) is 9.47 Å². The zero-order chi connectivity index (χ0) is 11.4. The first kappa shape index (κ1) is 11.9. The van der Waals surface area contributed by atoms with Crippen molar-refractivity contribution in [3.05, 3.63) is 35.9 Å². The van der Waals surface area contributed by atoms with Gasteiger partial charge in [-0.15, -0.1) is 11.6 Å². The minimum atomic E-state index is -0.421. The number of hydrogen-bond acceptors (Lipinski definition) is 3. The number of nitrogens with two attached hydrogens (primary N) is 1. The minimum absolute atomic E-state index is 0.0611. The van der Waals surface area contributed by atoms with Crippen molar-refractivity contribution in [2.24, 2.45) is 5.73 Å². The quantitative estimate of drug-likeness (QED) is 0.648. The maximum Gasteiger partial charge on any atom is 0.158 e. The monoisotopic (exact) mass is 241 g/mol. The largest absolute Gasteiger partial charge is 0.350 e. The van der Waals surface area contributed by atoms with Gasteiger partial charge in [0.05, 0.1) is 18.7 Å². The number of alkyl halides is 1. The molecule has 88 valence electrons. The van der Waals surface area contributed by atoms with E-state index in [1.807, 2.05) is 30.3 Å². The van der Waals surface area contributed by atoms with Gasteiger partial charge in [-0.2, -0.15) is 0 Å². The molecular formula is C12H16ClNO2. The lowest BCUT2D eigenvalue weighted by Crippen LogP contribution is -2.26. The lowest BCUT2D eigenvalue weighted by molar-refractivity contribution is -0.0512. The summed E-state index contributed by atoms with van der Waals surface area (Å²) in [6, 6.07) is 10.0. The van der Waals surface area contributed by atoms with Crippen LogP contribution in [0.4, 0.5) is 0 Å². The first-order valence-electron chi connectivity index (χ1n) is 5.45. The van der Waals surface area contributed by atoms with Gasteiger partial charge in [-0.1, -0.05) is 30.3 Å². The first-order chi connectivity index (χ1) is 7.77. The van der Waals surface area contributed by atoms with Crippen molar-refractivity contribution in [3.63, 3.8) is 0 Å². The molecule has 1 aliphatic rings. The van der Waals surface area contributed by atoms with Gasteiger partial charge in [0, 0.05) is 12.3 Å². The molecule has 2 N–H and O–H groups in total. The molecule has 16 heavy (non-hydrogen) atoms. The fraction of sp³-hybridized carbons (Fsp3) is 0.500. The molecule has 0 amide bonds. The van der Waals surface area contributed by atoms with Crippen molar-refractivity contribution in [3.8, 4) is 0 Å². The summed E-state index contributed by atoms with van der Waals surface area (Å²) in [6.07, 6.45) is 0.532. The summed E-state index contributed by atoms with van der Waals surface area (Å²) in [5.74, 6) is 0.0611. The molecule has 0 aromatic heterocycles. The van der Waals surface area contributed by atoms with Crippen LogP contribution >= 0.6 is 11.6 Å². The summed E-state index contributed by atoms with van der Waals surface area (Å²) >= 11 is 6.02. The summed E-state index contributed by atoms with van der Waals surface area (Å²) in [5.41, 5.74) is 6.51. The first-order valence-corrected chi connectivity index (χ1v) is 5.89. The predicted molar refractivity (Wildman–Crippen MR) is 63.3 cm³/mol. The molecule has 1 heterocycles. The third-order valence-electron chi connectivity index (χ3n) is 2.75. The van der Waals surface area contributed by atoms with Crippen LogP contribution in [-0.4, -0.2) is 25.0 Å². The van der Waals surface area contributed by atoms with Crippen molar-refractivity contribution in [2.75, 3.05) is 13.2 Å². The van der Waals surface area contributed by atoms with E-state index in [1.165, 1.54) is 0 Å². The fourth-order valence-corrected chi connectivity index (χ4v) is 2.15. The van der Waals surface area contributed by atoms with Crippen LogP contribution < -0.4 is 5.73 Å². The molecule has 1 aromatic carbocycles. The highest BCUT2D eigenvalue weighted by Gasteiger charge is 2.25. The van der Waals surface area contributed by atoms with E-state index in [0.29, 0.717) is 19.6 Å². The summed E-state index contributed by atoms with van der Waals surface area (Å²) in [7, 11) is 0. The summed E-state index contributed by atoms with van der Waals surface area (Å²) < 4.78 is 10.8. The van der Waals surface area contributed by atoms with Crippen LogP contribution in [0.2, 0.25) is 0 Å². The molecule has 1 saturated heterocycles. The summed E-state index contributed by atoms with van der Waals surface area (Å²) in [6.45, 7) is 1.31. The van der Waals surface area contributed by atoms with Gasteiger partial charge in [0.15, 0.2) is 6.29 Å². The van der Waals surface area contributed by atoms with Crippen LogP contribution in [0.5, 0.6) is 0 Å². The Balaban J connectivity index is 2.05. The second kappa shape index (κ2) is 5.64. The SMILES string of the molecule is NC(Cl)C(CC1OCCO1)c1ccccc1. The van der Waals surface area contributed by atoms with Gasteiger partial charge in [-0.3, -0.25) is 0 Å². The number of hydrogen-bond donors (Lipinski definition) is 1. The van der Waals surface area contributed by atoms with Gasteiger partial charge in [0.25, 0.3) is 0 Å². The zero-order valence-corrected chi connectivity index (χ0v) is 9.77. The molecule has 1 fully saturated rings. The van der Waals surface area contributed by atoms with Crippen molar-refractivity contribution in [2.45, 2.75) is 24.1 Å². The van der Waals surface area contributed by atoms with E-state index in [9.17, 15) is 0 Å². The molecule has 1 aromatic rings. The van der Waals surface area contributed by atoms with Crippen LogP contribution in [0.3, 0.4) is 0 Å². The standard InChI is InChI=1S/C12H16ClNO2/c13-12(14)10(8-11-15-6-7-16-11)9-4-2-1-3-5-9/h1-5,10-12H,6-8,14H2. The zero-order valence-electron chi connectivity index (χ0n) is 9.01. The topological polar surface area (TPSA) is 44.5 Å². The van der Waals surface area contributed by atoms with Gasteiger partial charge in [0.1, 0.15) is 0 Å². The van der Waals surface area contributed by atoms with E-state index in [2.05, 4.69) is 0 Å². The maximum absolute atomic E-state index is 6.02. The fourth-order valence-electron chi connectivity index (χ4n) is 1.90. The minimum Gasteiger partial charge on any atom is -0.350 e. The number of ether oxygens (including phenoxy) is 2. The molecule has 2 rings (SSSR count). The highest BCUT2D eigenvalue weighted by atomic mass is 35.5. The second-order valence-corrected chi connectivity index (χ2v) is 4.37. The van der Waals surface area contributed by atoms with Gasteiger partial charge < -0.3 is 15.2 Å². The van der Waals surface area contributed by atoms with Crippen molar-refractivity contribution >= 4 is 11.6 Å². The average molecular weight is 242 g/mol. The summed E-state index contributed by atoms with van der Waals surface area (Å²) in [4.78, 5) is 0. The normalized spacial score (nSPS) is 20.9. The second-order valence-electron chi connectivity index (χ2n) is 3.87. The van der Waals surface area contributed by atoms with Crippen molar-refractivity contribution in [1.82, 2.24) is 0 Å². The Bertz CT molecular complexity index is 312. The number of rotatable bonds is 4. The Kier molecular flexibility index (Phi) is 4.18. The molecule has 1 aliphatic heterocycles. The molecule has 2 atom stereocenters. The van der Waals surface area contributed by atoms with Crippen molar-refractivity contribution < 1.29 is 9.47 Å². The van der Waals surface area contributed by atoms with E-state index in [-0.39, 0.29) is 12.2 Å². The van der Waals surface area contributed by atoms with E-state index in [4.69, 9.17) is 26.8 Å². The Morgan fingerprint density at radius 3 is 2.44 bits per heavy atom. The molecule has 0 radical (unpaired) electrons. The highest BCUT2D eigenvalue weighted by Crippen LogP contribution is 2.28. The average Bonchev–Trinajstić information content (AvgIpc) is 2.79. The molecule has 0 bridgehead atoms. The Morgan fingerprint density at radius 1 is 1.25 bits per heavy atom. The van der Waals surface area contributed by atoms with Crippen LogP contribution in [0.25, 0.3) is 0 Å². The third kappa shape index (κ3) is 2.95. The van der Waals surface area contributed by atoms with E-state index in [0.717, 1.165) is 5.56 Å². The molecule has 0 spiro atoms. The van der Waals surface area contributed by atoms with E-state index < -0.39 is 5.50 Å². The number of halogens is 1. The van der Waals surface area contributed by atoms with Crippen LogP contribution in [0, 0.1) is 0 Å². The molecule has 2 unspecified atom stereocenters.